The van der Waals surface area contributed by atoms with E-state index in [4.69, 9.17) is 33.8 Å². The third-order valence-electron chi connectivity index (χ3n) is 15.8. The summed E-state index contributed by atoms with van der Waals surface area (Å²) >= 11 is 0. The Morgan fingerprint density at radius 2 is 1.41 bits per heavy atom. The van der Waals surface area contributed by atoms with Crippen LogP contribution in [-0.2, 0) is 38.1 Å². The topological polar surface area (TPSA) is 332 Å². The Kier molecular flexibility index (Phi) is 25.5. The van der Waals surface area contributed by atoms with E-state index in [0.29, 0.717) is 130 Å². The van der Waals surface area contributed by atoms with Crippen LogP contribution >= 0.6 is 0 Å². The minimum Gasteiger partial charge on any atom is -0.451 e. The average Bonchev–Trinajstić information content (AvgIpc) is 1.65. The van der Waals surface area contributed by atoms with E-state index >= 15 is 0 Å². The summed E-state index contributed by atoms with van der Waals surface area (Å²) in [7, 11) is 2.02. The van der Waals surface area contributed by atoms with Crippen LogP contribution in [-0.4, -0.2) is 193 Å². The molecule has 1 fully saturated rings. The van der Waals surface area contributed by atoms with Gasteiger partial charge in [0.2, 0.25) is 23.6 Å². The first-order chi connectivity index (χ1) is 44.0. The molecule has 26 nitrogen and oxygen atoms in total. The van der Waals surface area contributed by atoms with E-state index in [-0.39, 0.29) is 80.1 Å². The van der Waals surface area contributed by atoms with Crippen molar-refractivity contribution in [3.8, 4) is 5.75 Å². The molecule has 3 atom stereocenters. The number of hydrogen-bond donors (Lipinski definition) is 9. The Morgan fingerprint density at radius 1 is 0.703 bits per heavy atom. The second-order valence-corrected chi connectivity index (χ2v) is 22.7. The van der Waals surface area contributed by atoms with Crippen LogP contribution in [0.2, 0.25) is 0 Å². The van der Waals surface area contributed by atoms with Gasteiger partial charge < -0.3 is 90.7 Å². The zero-order valence-electron chi connectivity index (χ0n) is 52.5. The van der Waals surface area contributed by atoms with Crippen molar-refractivity contribution in [3.05, 3.63) is 95.9 Å². The second kappa shape index (κ2) is 34.0. The van der Waals surface area contributed by atoms with E-state index in [1.807, 2.05) is 45.2 Å². The number of nitrogens with two attached hydrogens (primary N) is 1. The van der Waals surface area contributed by atoms with Gasteiger partial charge in [0, 0.05) is 106 Å². The maximum Gasteiger partial charge on any atom is 0.415 e. The number of aromatic amines is 1. The molecule has 0 bridgehead atoms. The Morgan fingerprint density at radius 3 is 2.11 bits per heavy atom. The van der Waals surface area contributed by atoms with Gasteiger partial charge in [-0.15, -0.1) is 0 Å². The van der Waals surface area contributed by atoms with Gasteiger partial charge in [0.15, 0.2) is 5.76 Å². The highest BCUT2D eigenvalue weighted by Gasteiger charge is 2.37. The van der Waals surface area contributed by atoms with Gasteiger partial charge in [-0.3, -0.25) is 28.8 Å². The van der Waals surface area contributed by atoms with Crippen LogP contribution < -0.4 is 52.6 Å². The van der Waals surface area contributed by atoms with E-state index in [0.717, 1.165) is 35.8 Å². The van der Waals surface area contributed by atoms with Crippen molar-refractivity contribution in [2.45, 2.75) is 77.8 Å². The highest BCUT2D eigenvalue weighted by Crippen LogP contribution is 2.47. The summed E-state index contributed by atoms with van der Waals surface area (Å²) in [6, 6.07) is 20.5. The van der Waals surface area contributed by atoms with Crippen LogP contribution in [0.1, 0.15) is 92.3 Å². The average molecular weight is 1260 g/mol. The zero-order valence-corrected chi connectivity index (χ0v) is 52.5. The van der Waals surface area contributed by atoms with E-state index in [9.17, 15) is 38.4 Å². The molecule has 10 N–H and O–H groups in total. The van der Waals surface area contributed by atoms with Crippen LogP contribution in [0.25, 0.3) is 32.6 Å². The van der Waals surface area contributed by atoms with E-state index < -0.39 is 41.9 Å². The number of fused-ring (bicyclic) bond motifs is 5. The normalized spacial score (nSPS) is 14.7. The molecule has 6 aromatic rings. The molecule has 91 heavy (non-hydrogen) atoms. The lowest BCUT2D eigenvalue weighted by Crippen LogP contribution is -2.54. The van der Waals surface area contributed by atoms with E-state index in [1.165, 1.54) is 0 Å². The molecular weight excluding hydrogens is 1170 g/mol. The van der Waals surface area contributed by atoms with E-state index in [2.05, 4.69) is 54.0 Å². The van der Waals surface area contributed by atoms with Gasteiger partial charge in [-0.25, -0.2) is 9.59 Å². The monoisotopic (exact) mass is 1260 g/mol. The fraction of sp³-hybridized carbons (Fsp3) is 0.477. The maximum absolute atomic E-state index is 14.5. The molecule has 0 spiro atoms. The molecule has 26 heteroatoms. The molecule has 9 amide bonds. The number of aromatic nitrogens is 1. The summed E-state index contributed by atoms with van der Waals surface area (Å²) in [6.45, 7) is 14.5. The predicted molar refractivity (Wildman–Crippen MR) is 344 cm³/mol. The number of benzene rings is 4. The number of para-hydroxylation sites is 1. The lowest BCUT2D eigenvalue weighted by atomic mass is 9.93. The Hall–Kier alpha value is -8.66. The predicted octanol–water partition coefficient (Wildman–Crippen LogP) is 5.80. The number of hydrogen-bond acceptors (Lipinski definition) is 16. The van der Waals surface area contributed by atoms with Crippen molar-refractivity contribution in [2.24, 2.45) is 11.7 Å². The number of anilines is 3. The van der Waals surface area contributed by atoms with Crippen LogP contribution in [0.15, 0.2) is 83.3 Å². The minimum atomic E-state index is -1.06. The van der Waals surface area contributed by atoms with Gasteiger partial charge in [-0.05, 0) is 79.6 Å². The smallest absolute Gasteiger partial charge is 0.415 e. The standard InChI is InChI=1S/C65H86N12O14/c1-6-42-40-77(51-39-53(46-13-8-9-14-47(46)57(42)51)91-65(85)76-26-24-75(5)25-27-76)63(83)54-38-44-36-45(17-18-52(44)90-54)71-61(81)50-37-43-12-10-15-48(59(43)72-50)73-60(80)49(16-11-20-70-64(66)84)74-62(82)58(41(3)4)69-22-21-67-56(79)19-28-86-30-32-88-34-35-89-33-31-87-29-23-68-55(78)7-2/h8-10,12-15,17-18,36-39,41-42,49,58,69,72H,6-7,11,16,19-35,40H2,1-5H3,(H,67,79)(H,68,78)(H,71,81)(H,73,80)(H,74,82)(H3,66,70,84)/t42?,49-,58-/m1/s1. The SMILES string of the molecule is CCC(=O)NCCOCCOCCOCCOCCC(=O)NCCN[C@@H](C(=O)N[C@H](CCCNC(N)=O)C(=O)Nc1cccc2cc(C(=O)Nc3ccc4oc(C(=O)N5CC(CC)c6c5cc(OC(=O)N5CCN(C)CC5)c5ccccc65)cc4c3)[nH]c12)C(C)C. The van der Waals surface area contributed by atoms with Gasteiger partial charge in [0.05, 0.1) is 75.8 Å². The summed E-state index contributed by atoms with van der Waals surface area (Å²) in [5.74, 6) is -1.83. The van der Waals surface area contributed by atoms with Gasteiger partial charge in [0.25, 0.3) is 11.8 Å². The second-order valence-electron chi connectivity index (χ2n) is 22.7. The number of nitrogens with zero attached hydrogens (tertiary/aromatic N) is 3. The van der Waals surface area contributed by atoms with Crippen molar-refractivity contribution in [2.75, 3.05) is 134 Å². The molecular formula is C65H86N12O14. The number of carbonyl (C=O) groups excluding carboxylic acids is 8. The van der Waals surface area contributed by atoms with Crippen LogP contribution in [0.5, 0.6) is 5.75 Å². The summed E-state index contributed by atoms with van der Waals surface area (Å²) in [5.41, 5.74) is 8.79. The highest BCUT2D eigenvalue weighted by atomic mass is 16.6. The highest BCUT2D eigenvalue weighted by molar-refractivity contribution is 6.12. The lowest BCUT2D eigenvalue weighted by Gasteiger charge is -2.31. The molecule has 4 aromatic carbocycles. The lowest BCUT2D eigenvalue weighted by molar-refractivity contribution is -0.128. The largest absolute Gasteiger partial charge is 0.451 e. The number of likely N-dealkylation sites (N-methyl/N-ethyl adjacent to an activating group) is 1. The van der Waals surface area contributed by atoms with Crippen molar-refractivity contribution in [1.82, 2.24) is 41.4 Å². The Balaban J connectivity index is 0.825. The van der Waals surface area contributed by atoms with Crippen molar-refractivity contribution in [3.63, 3.8) is 0 Å². The number of primary amides is 1. The molecule has 0 radical (unpaired) electrons. The van der Waals surface area contributed by atoms with Crippen molar-refractivity contribution in [1.29, 1.82) is 0 Å². The van der Waals surface area contributed by atoms with E-state index in [1.54, 1.807) is 71.3 Å². The summed E-state index contributed by atoms with van der Waals surface area (Å²) in [6.07, 6.45) is 1.31. The number of furan rings is 1. The Labute approximate surface area is 528 Å². The number of rotatable bonds is 34. The number of ether oxygens (including phenoxy) is 5. The molecule has 1 saturated heterocycles. The number of nitrogens with one attached hydrogen (secondary N) is 8. The molecule has 0 aliphatic carbocycles. The minimum absolute atomic E-state index is 0.0168. The molecule has 0 saturated carbocycles. The van der Waals surface area contributed by atoms with Crippen LogP contribution in [0, 0.1) is 5.92 Å². The molecule has 2 aromatic heterocycles. The summed E-state index contributed by atoms with van der Waals surface area (Å²) in [4.78, 5) is 114. The first-order valence-corrected chi connectivity index (χ1v) is 31.2. The number of urea groups is 1. The summed E-state index contributed by atoms with van der Waals surface area (Å²) in [5, 5.41) is 22.9. The first kappa shape index (κ1) is 68.3. The van der Waals surface area contributed by atoms with Gasteiger partial charge in [-0.1, -0.05) is 64.1 Å². The molecule has 490 valence electrons. The molecule has 2 aliphatic heterocycles. The number of amides is 9. The Bertz CT molecular complexity index is 3490. The van der Waals surface area contributed by atoms with Crippen molar-refractivity contribution >= 4 is 97.3 Å². The number of piperazine rings is 1. The molecule has 2 aliphatic rings. The van der Waals surface area contributed by atoms with Gasteiger partial charge in [0.1, 0.15) is 23.1 Å². The van der Waals surface area contributed by atoms with Crippen LogP contribution in [0.3, 0.4) is 0 Å². The van der Waals surface area contributed by atoms with Gasteiger partial charge in [-0.2, -0.15) is 0 Å². The first-order valence-electron chi connectivity index (χ1n) is 31.2. The van der Waals surface area contributed by atoms with Gasteiger partial charge >= 0.3 is 12.1 Å². The third kappa shape index (κ3) is 19.2. The third-order valence-corrected chi connectivity index (χ3v) is 15.8. The van der Waals surface area contributed by atoms with Crippen LogP contribution in [0.4, 0.5) is 26.7 Å². The maximum atomic E-state index is 14.5. The summed E-state index contributed by atoms with van der Waals surface area (Å²) < 4.78 is 34.2. The number of H-pyrrole nitrogens is 1. The zero-order chi connectivity index (χ0) is 64.8. The molecule has 8 rings (SSSR count). The quantitative estimate of drug-likeness (QED) is 0.0215. The molecule has 1 unspecified atom stereocenters. The fourth-order valence-electron chi connectivity index (χ4n) is 10.8. The number of carbonyl (C=O) groups is 8. The van der Waals surface area contributed by atoms with Crippen molar-refractivity contribution < 1.29 is 66.5 Å². The fourth-order valence-corrected chi connectivity index (χ4v) is 10.8. The molecule has 4 heterocycles.